The third-order valence-electron chi connectivity index (χ3n) is 6.65. The summed E-state index contributed by atoms with van der Waals surface area (Å²) in [6.45, 7) is 1.18. The van der Waals surface area contributed by atoms with Gasteiger partial charge in [0.05, 0.1) is 19.0 Å². The molecule has 43 heavy (non-hydrogen) atoms. The molecule has 1 fully saturated rings. The van der Waals surface area contributed by atoms with Crippen molar-refractivity contribution in [3.63, 3.8) is 0 Å². The third kappa shape index (κ3) is 10.1. The van der Waals surface area contributed by atoms with Crippen LogP contribution in [0.4, 0.5) is 17.6 Å². The minimum atomic E-state index is -4.57. The van der Waals surface area contributed by atoms with Gasteiger partial charge in [0.25, 0.3) is 0 Å². The maximum atomic E-state index is 13.5. The molecule has 16 heteroatoms. The van der Waals surface area contributed by atoms with Crippen molar-refractivity contribution in [2.75, 3.05) is 20.1 Å². The van der Waals surface area contributed by atoms with Crippen LogP contribution in [0.25, 0.3) is 0 Å². The molecular formula is C27H33F4N7O5. The largest absolute Gasteiger partial charge is 0.435 e. The Balaban J connectivity index is 1.72. The highest BCUT2D eigenvalue weighted by Crippen LogP contribution is 2.27. The predicted molar refractivity (Wildman–Crippen MR) is 143 cm³/mol. The first-order valence-electron chi connectivity index (χ1n) is 13.5. The van der Waals surface area contributed by atoms with E-state index in [9.17, 15) is 41.5 Å². The number of aromatic nitrogens is 2. The van der Waals surface area contributed by atoms with E-state index in [1.165, 1.54) is 32.3 Å². The normalized spacial score (nSPS) is 21.3. The summed E-state index contributed by atoms with van der Waals surface area (Å²) in [5.41, 5.74) is -0.637. The molecule has 3 rings (SSSR count). The molecular weight excluding hydrogens is 578 g/mol. The van der Waals surface area contributed by atoms with Crippen LogP contribution in [-0.2, 0) is 36.7 Å². The fourth-order valence-electron chi connectivity index (χ4n) is 4.28. The molecule has 0 spiro atoms. The topological polar surface area (TPSA) is 155 Å². The van der Waals surface area contributed by atoms with Crippen LogP contribution in [0.2, 0.25) is 0 Å². The first-order chi connectivity index (χ1) is 20.2. The van der Waals surface area contributed by atoms with Gasteiger partial charge in [-0.15, -0.1) is 0 Å². The zero-order valence-corrected chi connectivity index (χ0v) is 23.5. The SMILES string of the molecule is C[C@@H]1NC(=O)CN(C)C(=O)CC[C@@H](C(=O)NCCCn2ccc(C(F)(F)F)n2)NC(=O)C[C@H](c2ccc(F)cc2)NC1=O. The van der Waals surface area contributed by atoms with Crippen molar-refractivity contribution in [1.82, 2.24) is 35.9 Å². The van der Waals surface area contributed by atoms with Gasteiger partial charge in [-0.25, -0.2) is 4.39 Å². The number of hydrogen-bond acceptors (Lipinski definition) is 6. The third-order valence-corrected chi connectivity index (χ3v) is 6.65. The molecule has 3 atom stereocenters. The van der Waals surface area contributed by atoms with Crippen molar-refractivity contribution in [1.29, 1.82) is 0 Å². The molecule has 234 valence electrons. The second kappa shape index (κ2) is 14.6. The van der Waals surface area contributed by atoms with Crippen LogP contribution in [0, 0.1) is 5.82 Å². The Kier molecular flexibility index (Phi) is 11.2. The first-order valence-corrected chi connectivity index (χ1v) is 13.5. The number of nitrogens with zero attached hydrogens (tertiary/aromatic N) is 3. The maximum Gasteiger partial charge on any atom is 0.435 e. The molecule has 1 aromatic carbocycles. The lowest BCUT2D eigenvalue weighted by Crippen LogP contribution is -2.49. The lowest BCUT2D eigenvalue weighted by atomic mass is 10.0. The van der Waals surface area contributed by atoms with E-state index in [1.807, 2.05) is 0 Å². The number of benzene rings is 1. The highest BCUT2D eigenvalue weighted by atomic mass is 19.4. The number of rotatable bonds is 6. The number of amides is 5. The summed E-state index contributed by atoms with van der Waals surface area (Å²) in [7, 11) is 1.38. The summed E-state index contributed by atoms with van der Waals surface area (Å²) < 4.78 is 52.9. The Labute approximate surface area is 244 Å². The minimum Gasteiger partial charge on any atom is -0.354 e. The highest BCUT2D eigenvalue weighted by molar-refractivity contribution is 5.92. The number of alkyl halides is 3. The molecule has 0 aliphatic carbocycles. The number of carbonyl (C=O) groups is 5. The molecule has 12 nitrogen and oxygen atoms in total. The van der Waals surface area contributed by atoms with E-state index in [-0.39, 0.29) is 45.3 Å². The quantitative estimate of drug-likeness (QED) is 0.283. The summed E-state index contributed by atoms with van der Waals surface area (Å²) in [6, 6.07) is 2.78. The van der Waals surface area contributed by atoms with Gasteiger partial charge in [-0.1, -0.05) is 12.1 Å². The van der Waals surface area contributed by atoms with E-state index in [2.05, 4.69) is 26.4 Å². The predicted octanol–water partition coefficient (Wildman–Crippen LogP) is 1.04. The van der Waals surface area contributed by atoms with Gasteiger partial charge in [0.15, 0.2) is 5.69 Å². The van der Waals surface area contributed by atoms with Gasteiger partial charge in [0.2, 0.25) is 29.5 Å². The molecule has 1 aliphatic heterocycles. The Bertz CT molecular complexity index is 1320. The molecule has 0 unspecified atom stereocenters. The lowest BCUT2D eigenvalue weighted by molar-refractivity contribution is -0.141. The summed E-state index contributed by atoms with van der Waals surface area (Å²) in [6.07, 6.45) is -3.86. The summed E-state index contributed by atoms with van der Waals surface area (Å²) in [4.78, 5) is 65.1. The average Bonchev–Trinajstić information content (AvgIpc) is 3.42. The lowest BCUT2D eigenvalue weighted by Gasteiger charge is -2.23. The van der Waals surface area contributed by atoms with Crippen LogP contribution in [0.1, 0.15) is 49.9 Å². The van der Waals surface area contributed by atoms with Crippen molar-refractivity contribution < 1.29 is 41.5 Å². The van der Waals surface area contributed by atoms with Crippen molar-refractivity contribution in [3.8, 4) is 0 Å². The molecule has 1 saturated heterocycles. The van der Waals surface area contributed by atoms with E-state index >= 15 is 0 Å². The zero-order chi connectivity index (χ0) is 31.7. The van der Waals surface area contributed by atoms with Gasteiger partial charge in [-0.3, -0.25) is 28.7 Å². The smallest absolute Gasteiger partial charge is 0.354 e. The van der Waals surface area contributed by atoms with Gasteiger partial charge in [0.1, 0.15) is 17.9 Å². The van der Waals surface area contributed by atoms with E-state index in [1.54, 1.807) is 0 Å². The van der Waals surface area contributed by atoms with E-state index in [0.717, 1.165) is 27.8 Å². The summed E-state index contributed by atoms with van der Waals surface area (Å²) in [5.74, 6) is -3.55. The number of carbonyl (C=O) groups excluding carboxylic acids is 5. The number of nitrogens with one attached hydrogen (secondary N) is 4. The molecule has 0 bridgehead atoms. The Morgan fingerprint density at radius 2 is 1.74 bits per heavy atom. The first kappa shape index (κ1) is 33.0. The Hall–Kier alpha value is -4.50. The maximum absolute atomic E-state index is 13.5. The molecule has 0 radical (unpaired) electrons. The molecule has 0 saturated carbocycles. The molecule has 2 aromatic rings. The van der Waals surface area contributed by atoms with Crippen LogP contribution in [0.5, 0.6) is 0 Å². The fraction of sp³-hybridized carbons (Fsp3) is 0.481. The van der Waals surface area contributed by atoms with E-state index < -0.39 is 65.3 Å². The minimum absolute atomic E-state index is 0.0343. The van der Waals surface area contributed by atoms with Crippen molar-refractivity contribution in [3.05, 3.63) is 53.6 Å². The van der Waals surface area contributed by atoms with Crippen LogP contribution in [0.3, 0.4) is 0 Å². The van der Waals surface area contributed by atoms with Gasteiger partial charge in [-0.2, -0.15) is 18.3 Å². The fourth-order valence-corrected chi connectivity index (χ4v) is 4.28. The summed E-state index contributed by atoms with van der Waals surface area (Å²) >= 11 is 0. The van der Waals surface area contributed by atoms with Crippen molar-refractivity contribution >= 4 is 29.5 Å². The average molecular weight is 612 g/mol. The molecule has 4 N–H and O–H groups in total. The van der Waals surface area contributed by atoms with Crippen LogP contribution in [0.15, 0.2) is 36.5 Å². The zero-order valence-electron chi connectivity index (χ0n) is 23.5. The highest BCUT2D eigenvalue weighted by Gasteiger charge is 2.33. The number of likely N-dealkylation sites (N-methyl/N-ethyl adjacent to an activating group) is 1. The Morgan fingerprint density at radius 3 is 2.40 bits per heavy atom. The van der Waals surface area contributed by atoms with Crippen LogP contribution >= 0.6 is 0 Å². The van der Waals surface area contributed by atoms with Crippen molar-refractivity contribution in [2.45, 2.75) is 63.5 Å². The molecule has 5 amide bonds. The molecule has 1 aliphatic rings. The second-order valence-corrected chi connectivity index (χ2v) is 10.1. The number of hydrogen-bond donors (Lipinski definition) is 4. The number of halogens is 4. The molecule has 2 heterocycles. The van der Waals surface area contributed by atoms with E-state index in [0.29, 0.717) is 5.56 Å². The van der Waals surface area contributed by atoms with Crippen LogP contribution < -0.4 is 21.3 Å². The summed E-state index contributed by atoms with van der Waals surface area (Å²) in [5, 5.41) is 13.8. The van der Waals surface area contributed by atoms with Gasteiger partial charge >= 0.3 is 6.18 Å². The van der Waals surface area contributed by atoms with E-state index in [4.69, 9.17) is 0 Å². The van der Waals surface area contributed by atoms with Crippen molar-refractivity contribution in [2.24, 2.45) is 0 Å². The monoisotopic (exact) mass is 611 g/mol. The van der Waals surface area contributed by atoms with Gasteiger partial charge in [-0.05, 0) is 43.5 Å². The molecule has 1 aromatic heterocycles. The Morgan fingerprint density at radius 1 is 1.05 bits per heavy atom. The standard InChI is InChI=1S/C27H33F4N7O5/c1-16-25(42)35-20(17-4-6-18(28)7-5-17)14-22(39)34-19(8-9-24(41)37(2)15-23(40)33-16)26(43)32-11-3-12-38-13-10-21(36-38)27(29,30)31/h4-7,10,13,16,19-20H,3,8-9,11-12,14-15H2,1-2H3,(H,32,43)(H,33,40)(H,34,39)(H,35,42)/t16-,19-,20+/m0/s1. The second-order valence-electron chi connectivity index (χ2n) is 10.1. The van der Waals surface area contributed by atoms with Gasteiger partial charge in [0, 0.05) is 32.8 Å². The van der Waals surface area contributed by atoms with Gasteiger partial charge < -0.3 is 26.2 Å². The number of aryl methyl sites for hydroxylation is 1. The van der Waals surface area contributed by atoms with Crippen LogP contribution in [-0.4, -0.2) is 76.4 Å².